The molecule has 1 aliphatic carbocycles. The van der Waals surface area contributed by atoms with Crippen LogP contribution in [0.5, 0.6) is 0 Å². The Hall–Kier alpha value is -0.670. The van der Waals surface area contributed by atoms with Crippen LogP contribution in [-0.4, -0.2) is 17.3 Å². The summed E-state index contributed by atoms with van der Waals surface area (Å²) in [7, 11) is 0. The third-order valence-corrected chi connectivity index (χ3v) is 6.19. The van der Waals surface area contributed by atoms with Crippen molar-refractivity contribution in [1.82, 2.24) is 0 Å². The zero-order valence-corrected chi connectivity index (χ0v) is 9.74. The molecule has 0 radical (unpaired) electrons. The van der Waals surface area contributed by atoms with Gasteiger partial charge in [0.05, 0.1) is 0 Å². The van der Waals surface area contributed by atoms with E-state index in [9.17, 15) is 4.79 Å². The molecule has 1 heterocycles. The summed E-state index contributed by atoms with van der Waals surface area (Å²) in [5.41, 5.74) is 2.38. The minimum atomic E-state index is -0.328. The second-order valence-corrected chi connectivity index (χ2v) is 6.48. The highest BCUT2D eigenvalue weighted by molar-refractivity contribution is 8.21. The molecule has 1 spiro atoms. The Kier molecular flexibility index (Phi) is 2.18. The molecule has 76 valence electrons. The molecule has 0 N–H and O–H groups in total. The summed E-state index contributed by atoms with van der Waals surface area (Å²) in [6, 6.07) is 8.21. The predicted octanol–water partition coefficient (Wildman–Crippen LogP) is 2.92. The number of benzene rings is 1. The Bertz CT molecular complexity index is 445. The number of ketones is 1. The van der Waals surface area contributed by atoms with E-state index in [0.717, 1.165) is 11.5 Å². The monoisotopic (exact) mass is 234 g/mol. The van der Waals surface area contributed by atoms with Gasteiger partial charge in [-0.25, -0.2) is 0 Å². The van der Waals surface area contributed by atoms with Crippen LogP contribution < -0.4 is 0 Å². The molecule has 3 rings (SSSR count). The van der Waals surface area contributed by atoms with E-state index >= 15 is 0 Å². The van der Waals surface area contributed by atoms with Crippen molar-refractivity contribution in [3.05, 3.63) is 41.5 Å². The number of carbonyl (C=O) groups excluding carboxylic acids is 1. The second kappa shape index (κ2) is 3.42. The fraction of sp³-hybridized carbons (Fsp3) is 0.250. The van der Waals surface area contributed by atoms with Crippen molar-refractivity contribution in [1.29, 1.82) is 0 Å². The summed E-state index contributed by atoms with van der Waals surface area (Å²) in [5.74, 6) is 2.38. The van der Waals surface area contributed by atoms with Gasteiger partial charge in [-0.05, 0) is 17.2 Å². The van der Waals surface area contributed by atoms with Gasteiger partial charge >= 0.3 is 0 Å². The third-order valence-electron chi connectivity index (χ3n) is 2.75. The third kappa shape index (κ3) is 1.30. The van der Waals surface area contributed by atoms with Gasteiger partial charge in [0.1, 0.15) is 4.08 Å². The lowest BCUT2D eigenvalue weighted by Crippen LogP contribution is -2.28. The first-order valence-corrected chi connectivity index (χ1v) is 6.90. The maximum Gasteiger partial charge on any atom is 0.186 e. The van der Waals surface area contributed by atoms with Crippen molar-refractivity contribution in [3.63, 3.8) is 0 Å². The number of hydrogen-bond acceptors (Lipinski definition) is 3. The minimum Gasteiger partial charge on any atom is -0.292 e. The molecule has 1 nitrogen and oxygen atoms in total. The Labute approximate surface area is 97.3 Å². The zero-order chi connectivity index (χ0) is 10.3. The van der Waals surface area contributed by atoms with E-state index < -0.39 is 0 Å². The SMILES string of the molecule is O=C1C=Cc2ccccc2C12SCCS2. The highest BCUT2D eigenvalue weighted by atomic mass is 32.2. The van der Waals surface area contributed by atoms with Gasteiger partial charge in [0.15, 0.2) is 5.78 Å². The number of thioether (sulfide) groups is 2. The average Bonchev–Trinajstić information content (AvgIpc) is 2.75. The highest BCUT2D eigenvalue weighted by Crippen LogP contribution is 2.55. The van der Waals surface area contributed by atoms with E-state index in [0.29, 0.717) is 0 Å². The van der Waals surface area contributed by atoms with Gasteiger partial charge in [0.25, 0.3) is 0 Å². The summed E-state index contributed by atoms with van der Waals surface area (Å²) >= 11 is 3.56. The maximum absolute atomic E-state index is 12.1. The van der Waals surface area contributed by atoms with Gasteiger partial charge in [-0.2, -0.15) is 0 Å². The maximum atomic E-state index is 12.1. The summed E-state index contributed by atoms with van der Waals surface area (Å²) in [6.07, 6.45) is 3.66. The van der Waals surface area contributed by atoms with Crippen LogP contribution in [0.15, 0.2) is 30.3 Å². The molecule has 0 aromatic heterocycles. The van der Waals surface area contributed by atoms with Crippen molar-refractivity contribution in [2.24, 2.45) is 0 Å². The molecule has 1 aromatic carbocycles. The van der Waals surface area contributed by atoms with Crippen LogP contribution in [0.2, 0.25) is 0 Å². The van der Waals surface area contributed by atoms with Crippen LogP contribution in [-0.2, 0) is 8.87 Å². The summed E-state index contributed by atoms with van der Waals surface area (Å²) in [5, 5.41) is 0. The Morgan fingerprint density at radius 1 is 1.07 bits per heavy atom. The Morgan fingerprint density at radius 2 is 1.80 bits per heavy atom. The number of rotatable bonds is 0. The van der Waals surface area contributed by atoms with Gasteiger partial charge in [-0.3, -0.25) is 4.79 Å². The molecule has 15 heavy (non-hydrogen) atoms. The smallest absolute Gasteiger partial charge is 0.186 e. The first-order valence-electron chi connectivity index (χ1n) is 4.93. The van der Waals surface area contributed by atoms with Crippen molar-refractivity contribution >= 4 is 35.4 Å². The largest absolute Gasteiger partial charge is 0.292 e. The van der Waals surface area contributed by atoms with E-state index in [-0.39, 0.29) is 9.86 Å². The number of carbonyl (C=O) groups is 1. The number of fused-ring (bicyclic) bond motifs is 2. The van der Waals surface area contributed by atoms with Crippen molar-refractivity contribution in [3.8, 4) is 0 Å². The van der Waals surface area contributed by atoms with Gasteiger partial charge in [-0.1, -0.05) is 30.3 Å². The molecular weight excluding hydrogens is 224 g/mol. The molecule has 0 unspecified atom stereocenters. The quantitative estimate of drug-likeness (QED) is 0.687. The fourth-order valence-corrected chi connectivity index (χ4v) is 5.24. The van der Waals surface area contributed by atoms with E-state index in [1.807, 2.05) is 18.2 Å². The van der Waals surface area contributed by atoms with Crippen molar-refractivity contribution in [2.45, 2.75) is 4.08 Å². The molecule has 3 heteroatoms. The van der Waals surface area contributed by atoms with E-state index in [4.69, 9.17) is 0 Å². The Morgan fingerprint density at radius 3 is 2.60 bits per heavy atom. The highest BCUT2D eigenvalue weighted by Gasteiger charge is 2.45. The molecule has 1 aromatic rings. The normalized spacial score (nSPS) is 22.0. The minimum absolute atomic E-state index is 0.244. The van der Waals surface area contributed by atoms with Crippen LogP contribution >= 0.6 is 23.5 Å². The van der Waals surface area contributed by atoms with Crippen LogP contribution in [0.4, 0.5) is 0 Å². The van der Waals surface area contributed by atoms with E-state index in [1.165, 1.54) is 11.1 Å². The molecule has 0 saturated carbocycles. The zero-order valence-electron chi connectivity index (χ0n) is 8.10. The lowest BCUT2D eigenvalue weighted by atomic mass is 9.96. The van der Waals surface area contributed by atoms with Crippen LogP contribution in [0.3, 0.4) is 0 Å². The second-order valence-electron chi connectivity index (χ2n) is 3.60. The molecule has 0 atom stereocenters. The van der Waals surface area contributed by atoms with Gasteiger partial charge < -0.3 is 0 Å². The van der Waals surface area contributed by atoms with E-state index in [2.05, 4.69) is 12.1 Å². The number of hydrogen-bond donors (Lipinski definition) is 0. The first kappa shape index (κ1) is 9.55. The Balaban J connectivity index is 2.22. The van der Waals surface area contributed by atoms with Crippen molar-refractivity contribution < 1.29 is 4.79 Å². The molecule has 2 aliphatic rings. The van der Waals surface area contributed by atoms with Gasteiger partial charge in [0.2, 0.25) is 0 Å². The summed E-state index contributed by atoms with van der Waals surface area (Å²) < 4.78 is -0.328. The van der Waals surface area contributed by atoms with E-state index in [1.54, 1.807) is 29.6 Å². The molecule has 0 amide bonds. The standard InChI is InChI=1S/C12H10OS2/c13-11-6-5-9-3-1-2-4-10(9)12(11)14-7-8-15-12/h1-6H,7-8H2. The van der Waals surface area contributed by atoms with Crippen LogP contribution in [0.25, 0.3) is 6.08 Å². The fourth-order valence-electron chi connectivity index (χ4n) is 2.06. The molecule has 1 aliphatic heterocycles. The lowest BCUT2D eigenvalue weighted by Gasteiger charge is -2.29. The summed E-state index contributed by atoms with van der Waals surface area (Å²) in [6.45, 7) is 0. The number of allylic oxidation sites excluding steroid dienone is 1. The first-order chi connectivity index (χ1) is 7.33. The van der Waals surface area contributed by atoms with Gasteiger partial charge in [0, 0.05) is 11.5 Å². The average molecular weight is 234 g/mol. The molecular formula is C12H10OS2. The van der Waals surface area contributed by atoms with Crippen LogP contribution in [0, 0.1) is 0 Å². The molecule has 0 bridgehead atoms. The topological polar surface area (TPSA) is 17.1 Å². The summed E-state index contributed by atoms with van der Waals surface area (Å²) in [4.78, 5) is 12.1. The lowest BCUT2D eigenvalue weighted by molar-refractivity contribution is -0.115. The molecule has 1 saturated heterocycles. The molecule has 1 fully saturated rings. The van der Waals surface area contributed by atoms with Gasteiger partial charge in [-0.15, -0.1) is 23.5 Å². The van der Waals surface area contributed by atoms with Crippen LogP contribution in [0.1, 0.15) is 11.1 Å². The predicted molar refractivity (Wildman–Crippen MR) is 67.1 cm³/mol. The van der Waals surface area contributed by atoms with Crippen molar-refractivity contribution in [2.75, 3.05) is 11.5 Å².